The summed E-state index contributed by atoms with van der Waals surface area (Å²) in [5.74, 6) is -0.779. The normalized spacial score (nSPS) is 12.4. The molecule has 55 heavy (non-hydrogen) atoms. The van der Waals surface area contributed by atoms with E-state index < -0.39 is 26.0 Å². The van der Waals surface area contributed by atoms with E-state index in [0.29, 0.717) is 76.4 Å². The molecular formula is C38H48N10O6Si. The molecule has 0 aliphatic rings. The Labute approximate surface area is 318 Å². The summed E-state index contributed by atoms with van der Waals surface area (Å²) in [7, 11) is -1.92. The SMILES string of the molecule is CCn1nc(C)cc1C(=O)Nc1nc2cc(C(N)=O)c3ccoc3c2n1CC=CCn1c(N)nc2cc(C(N)=O)cc(OCCCO[Si](C)(C)C(C)(C)C)c21. The lowest BCUT2D eigenvalue weighted by molar-refractivity contribution is 0.0992. The van der Waals surface area contributed by atoms with Crippen molar-refractivity contribution < 1.29 is 28.0 Å². The standard InChI is InChI=1S/C38H48N10O6Si/c1-8-48-28(18-22(2)45-48)35(51)44-37-43-27-21-25(34(40)50)24-12-17-53-32(24)31(27)47(37)14-10-9-13-46-30-26(42-36(46)41)19-23(33(39)49)20-29(30)52-15-11-16-54-55(6,7)38(3,4)5/h9-10,12,17-21H,8,11,13-16H2,1-7H3,(H2,39,49)(H2,40,50)(H2,41,42)(H,43,44,51). The Morgan fingerprint density at radius 1 is 0.964 bits per heavy atom. The molecule has 6 rings (SSSR count). The van der Waals surface area contributed by atoms with Gasteiger partial charge in [-0.3, -0.25) is 24.4 Å². The minimum absolute atomic E-state index is 0.0891. The van der Waals surface area contributed by atoms with Crippen molar-refractivity contribution in [1.29, 1.82) is 0 Å². The van der Waals surface area contributed by atoms with Crippen molar-refractivity contribution in [2.24, 2.45) is 11.5 Å². The summed E-state index contributed by atoms with van der Waals surface area (Å²) in [6.45, 7) is 16.6. The van der Waals surface area contributed by atoms with Crippen molar-refractivity contribution in [2.75, 3.05) is 24.3 Å². The maximum absolute atomic E-state index is 13.6. The van der Waals surface area contributed by atoms with Gasteiger partial charge in [0.1, 0.15) is 22.5 Å². The summed E-state index contributed by atoms with van der Waals surface area (Å²) in [6, 6.07) is 8.16. The molecule has 2 aromatic carbocycles. The molecule has 290 valence electrons. The number of nitrogens with one attached hydrogen (secondary N) is 1. The van der Waals surface area contributed by atoms with Crippen LogP contribution in [0.25, 0.3) is 33.0 Å². The quantitative estimate of drug-likeness (QED) is 0.0563. The molecule has 7 N–H and O–H groups in total. The molecule has 16 nitrogen and oxygen atoms in total. The van der Waals surface area contributed by atoms with Crippen LogP contribution in [0.4, 0.5) is 11.9 Å². The van der Waals surface area contributed by atoms with E-state index in [2.05, 4.69) is 49.3 Å². The van der Waals surface area contributed by atoms with Crippen molar-refractivity contribution in [1.82, 2.24) is 28.9 Å². The van der Waals surface area contributed by atoms with Crippen molar-refractivity contribution in [3.05, 3.63) is 71.3 Å². The lowest BCUT2D eigenvalue weighted by atomic mass is 10.1. The van der Waals surface area contributed by atoms with Crippen LogP contribution in [0.15, 0.2) is 53.2 Å². The lowest BCUT2D eigenvalue weighted by Crippen LogP contribution is -2.41. The first-order valence-electron chi connectivity index (χ1n) is 18.1. The van der Waals surface area contributed by atoms with Gasteiger partial charge in [-0.2, -0.15) is 5.10 Å². The number of hydrogen-bond donors (Lipinski definition) is 4. The van der Waals surface area contributed by atoms with Crippen LogP contribution in [-0.4, -0.2) is 68.1 Å². The maximum atomic E-state index is 13.6. The van der Waals surface area contributed by atoms with Crippen LogP contribution in [0.2, 0.25) is 18.1 Å². The smallest absolute Gasteiger partial charge is 0.276 e. The zero-order valence-corrected chi connectivity index (χ0v) is 33.2. The fraction of sp³-hybridized carbons (Fsp3) is 0.368. The van der Waals surface area contributed by atoms with Crippen molar-refractivity contribution >= 4 is 71.0 Å². The number of aryl methyl sites for hydroxylation is 2. The zero-order chi connectivity index (χ0) is 39.8. The van der Waals surface area contributed by atoms with Gasteiger partial charge in [-0.05, 0) is 62.3 Å². The predicted octanol–water partition coefficient (Wildman–Crippen LogP) is 5.74. The second-order valence-corrected chi connectivity index (χ2v) is 19.7. The fourth-order valence-electron chi connectivity index (χ4n) is 6.17. The average molecular weight is 769 g/mol. The second-order valence-electron chi connectivity index (χ2n) is 14.9. The van der Waals surface area contributed by atoms with Crippen molar-refractivity contribution in [3.63, 3.8) is 0 Å². The van der Waals surface area contributed by atoms with E-state index in [0.717, 1.165) is 0 Å². The van der Waals surface area contributed by atoms with Crippen LogP contribution in [0.1, 0.15) is 71.0 Å². The molecule has 0 unspecified atom stereocenters. The number of fused-ring (bicyclic) bond motifs is 4. The van der Waals surface area contributed by atoms with Gasteiger partial charge in [-0.15, -0.1) is 0 Å². The fourth-order valence-corrected chi connectivity index (χ4v) is 7.26. The number of furan rings is 1. The summed E-state index contributed by atoms with van der Waals surface area (Å²) in [6.07, 6.45) is 5.89. The monoisotopic (exact) mass is 768 g/mol. The highest BCUT2D eigenvalue weighted by atomic mass is 28.4. The number of anilines is 2. The average Bonchev–Trinajstić information content (AvgIpc) is 3.89. The number of carbonyl (C=O) groups is 3. The molecule has 6 aromatic rings. The Morgan fingerprint density at radius 3 is 2.35 bits per heavy atom. The number of carbonyl (C=O) groups excluding carboxylic acids is 3. The largest absolute Gasteiger partial charge is 0.491 e. The van der Waals surface area contributed by atoms with Crippen molar-refractivity contribution in [3.8, 4) is 5.75 Å². The Morgan fingerprint density at radius 2 is 1.67 bits per heavy atom. The van der Waals surface area contributed by atoms with Crippen LogP contribution in [0.3, 0.4) is 0 Å². The summed E-state index contributed by atoms with van der Waals surface area (Å²) >= 11 is 0. The molecule has 0 aliphatic carbocycles. The van der Waals surface area contributed by atoms with E-state index in [1.54, 1.807) is 44.1 Å². The van der Waals surface area contributed by atoms with Gasteiger partial charge < -0.3 is 39.9 Å². The number of imidazole rings is 2. The molecular weight excluding hydrogens is 721 g/mol. The lowest BCUT2D eigenvalue weighted by Gasteiger charge is -2.36. The Balaban J connectivity index is 1.30. The van der Waals surface area contributed by atoms with Gasteiger partial charge in [-0.25, -0.2) is 9.97 Å². The Hall–Kier alpha value is -5.94. The molecule has 0 atom stereocenters. The van der Waals surface area contributed by atoms with Gasteiger partial charge >= 0.3 is 0 Å². The van der Waals surface area contributed by atoms with Crippen LogP contribution in [0, 0.1) is 6.92 Å². The van der Waals surface area contributed by atoms with E-state index in [1.165, 1.54) is 6.26 Å². The molecule has 4 heterocycles. The molecule has 4 aromatic heterocycles. The first kappa shape index (κ1) is 38.8. The number of ether oxygens (including phenoxy) is 1. The second kappa shape index (κ2) is 15.1. The number of primary amides is 2. The minimum atomic E-state index is -1.92. The van der Waals surface area contributed by atoms with E-state index >= 15 is 0 Å². The van der Waals surface area contributed by atoms with Crippen LogP contribution < -0.4 is 27.3 Å². The maximum Gasteiger partial charge on any atom is 0.276 e. The minimum Gasteiger partial charge on any atom is -0.491 e. The van der Waals surface area contributed by atoms with Gasteiger partial charge in [0.2, 0.25) is 23.7 Å². The van der Waals surface area contributed by atoms with E-state index in [4.69, 9.17) is 35.8 Å². The number of benzene rings is 2. The number of allylic oxidation sites excluding steroid dienone is 2. The molecule has 0 bridgehead atoms. The third-order valence-electron chi connectivity index (χ3n) is 10.0. The first-order valence-corrected chi connectivity index (χ1v) is 21.0. The third kappa shape index (κ3) is 7.70. The third-order valence-corrected chi connectivity index (χ3v) is 14.6. The molecule has 0 fully saturated rings. The van der Waals surface area contributed by atoms with Crippen LogP contribution >= 0.6 is 0 Å². The van der Waals surface area contributed by atoms with Gasteiger partial charge in [0.25, 0.3) is 5.91 Å². The molecule has 0 saturated heterocycles. The van der Waals surface area contributed by atoms with Gasteiger partial charge in [0.15, 0.2) is 13.9 Å². The zero-order valence-electron chi connectivity index (χ0n) is 32.2. The summed E-state index contributed by atoms with van der Waals surface area (Å²) in [5, 5.41) is 7.93. The molecule has 3 amide bonds. The van der Waals surface area contributed by atoms with Gasteiger partial charge in [0.05, 0.1) is 35.2 Å². The number of aromatic nitrogens is 6. The Bertz CT molecular complexity index is 2460. The first-order chi connectivity index (χ1) is 26.0. The van der Waals surface area contributed by atoms with Crippen LogP contribution in [-0.2, 0) is 24.1 Å². The number of amides is 3. The van der Waals surface area contributed by atoms with E-state index in [1.807, 2.05) is 26.0 Å². The molecule has 0 spiro atoms. The van der Waals surface area contributed by atoms with Crippen molar-refractivity contribution in [2.45, 2.75) is 78.8 Å². The number of nitrogen functional groups attached to an aromatic ring is 1. The van der Waals surface area contributed by atoms with E-state index in [-0.39, 0.29) is 41.2 Å². The number of hydrogen-bond acceptors (Lipinski definition) is 10. The number of nitrogens with two attached hydrogens (primary N) is 3. The predicted molar refractivity (Wildman–Crippen MR) is 214 cm³/mol. The van der Waals surface area contributed by atoms with Crippen LogP contribution in [0.5, 0.6) is 5.75 Å². The Kier molecular flexibility index (Phi) is 10.6. The highest BCUT2D eigenvalue weighted by Gasteiger charge is 2.36. The molecule has 0 radical (unpaired) electrons. The summed E-state index contributed by atoms with van der Waals surface area (Å²) in [5.41, 5.74) is 21.8. The van der Waals surface area contributed by atoms with E-state index in [9.17, 15) is 14.4 Å². The highest BCUT2D eigenvalue weighted by molar-refractivity contribution is 6.74. The highest BCUT2D eigenvalue weighted by Crippen LogP contribution is 2.37. The topological polar surface area (TPSA) is 226 Å². The summed E-state index contributed by atoms with van der Waals surface area (Å²) in [4.78, 5) is 47.3. The molecule has 17 heteroatoms. The molecule has 0 aliphatic heterocycles. The molecule has 0 saturated carbocycles. The van der Waals surface area contributed by atoms with Gasteiger partial charge in [-0.1, -0.05) is 32.9 Å². The van der Waals surface area contributed by atoms with Gasteiger partial charge in [0, 0.05) is 43.6 Å². The number of nitrogens with zero attached hydrogens (tertiary/aromatic N) is 6. The number of rotatable bonds is 15. The summed E-state index contributed by atoms with van der Waals surface area (Å²) < 4.78 is 23.6.